The highest BCUT2D eigenvalue weighted by molar-refractivity contribution is 5.57. The zero-order chi connectivity index (χ0) is 13.0. The molecule has 18 heavy (non-hydrogen) atoms. The van der Waals surface area contributed by atoms with Crippen molar-refractivity contribution in [1.29, 1.82) is 0 Å². The molecule has 0 bridgehead atoms. The maximum absolute atomic E-state index is 6.06. The molecule has 0 saturated carbocycles. The Morgan fingerprint density at radius 3 is 2.78 bits per heavy atom. The van der Waals surface area contributed by atoms with Crippen LogP contribution in [0.15, 0.2) is 30.9 Å². The average molecular weight is 245 g/mol. The molecule has 4 N–H and O–H groups in total. The maximum atomic E-state index is 6.06. The largest absolute Gasteiger partial charge is 0.399 e. The first kappa shape index (κ1) is 12.4. The third kappa shape index (κ3) is 2.80. The van der Waals surface area contributed by atoms with E-state index in [-0.39, 0.29) is 0 Å². The molecule has 0 aliphatic heterocycles. The Hall–Kier alpha value is -2.04. The Morgan fingerprint density at radius 2 is 2.17 bits per heavy atom. The molecule has 5 nitrogen and oxygen atoms in total. The predicted octanol–water partition coefficient (Wildman–Crippen LogP) is 2.03. The Labute approximate surface area is 107 Å². The lowest BCUT2D eigenvalue weighted by Crippen LogP contribution is -2.12. The van der Waals surface area contributed by atoms with Gasteiger partial charge in [-0.25, -0.2) is 4.98 Å². The fourth-order valence-corrected chi connectivity index (χ4v) is 2.21. The lowest BCUT2D eigenvalue weighted by molar-refractivity contribution is 0.485. The molecule has 0 aliphatic rings. The second-order valence-electron chi connectivity index (χ2n) is 4.49. The summed E-state index contributed by atoms with van der Waals surface area (Å²) in [6, 6.07) is 5.73. The predicted molar refractivity (Wildman–Crippen MR) is 72.9 cm³/mol. The summed E-state index contributed by atoms with van der Waals surface area (Å²) in [6.07, 6.45) is 5.45. The summed E-state index contributed by atoms with van der Waals surface area (Å²) in [5.41, 5.74) is 14.4. The van der Waals surface area contributed by atoms with Gasteiger partial charge in [0, 0.05) is 23.8 Å². The topological polar surface area (TPSA) is 82.8 Å². The zero-order valence-corrected chi connectivity index (χ0v) is 10.6. The monoisotopic (exact) mass is 245 g/mol. The number of benzene rings is 1. The Kier molecular flexibility index (Phi) is 3.82. The molecule has 96 valence electrons. The van der Waals surface area contributed by atoms with Crippen molar-refractivity contribution in [2.24, 2.45) is 0 Å². The van der Waals surface area contributed by atoms with Crippen molar-refractivity contribution in [3.63, 3.8) is 0 Å². The summed E-state index contributed by atoms with van der Waals surface area (Å²) < 4.78 is 1.84. The number of nitrogens with two attached hydrogens (primary N) is 2. The minimum Gasteiger partial charge on any atom is -0.399 e. The molecule has 0 amide bonds. The first-order valence-corrected chi connectivity index (χ1v) is 6.18. The lowest BCUT2D eigenvalue weighted by Gasteiger charge is -2.18. The molecular weight excluding hydrogens is 226 g/mol. The fourth-order valence-electron chi connectivity index (χ4n) is 2.21. The number of rotatable bonds is 5. The van der Waals surface area contributed by atoms with Gasteiger partial charge in [-0.1, -0.05) is 19.4 Å². The Morgan fingerprint density at radius 1 is 1.33 bits per heavy atom. The van der Waals surface area contributed by atoms with Gasteiger partial charge >= 0.3 is 0 Å². The van der Waals surface area contributed by atoms with Crippen LogP contribution in [0, 0.1) is 0 Å². The third-order valence-electron chi connectivity index (χ3n) is 3.06. The molecule has 1 aromatic carbocycles. The smallest absolute Gasteiger partial charge is 0.137 e. The summed E-state index contributed by atoms with van der Waals surface area (Å²) in [4.78, 5) is 3.97. The lowest BCUT2D eigenvalue weighted by atomic mass is 9.93. The van der Waals surface area contributed by atoms with Gasteiger partial charge in [-0.3, -0.25) is 4.68 Å². The van der Waals surface area contributed by atoms with E-state index < -0.39 is 0 Å². The number of hydrogen-bond acceptors (Lipinski definition) is 4. The van der Waals surface area contributed by atoms with E-state index in [4.69, 9.17) is 11.5 Å². The molecule has 0 spiro atoms. The molecule has 0 saturated heterocycles. The number of nitrogens with zero attached hydrogens (tertiary/aromatic N) is 3. The van der Waals surface area contributed by atoms with Crippen molar-refractivity contribution < 1.29 is 0 Å². The Balaban J connectivity index is 2.23. The highest BCUT2D eigenvalue weighted by Gasteiger charge is 2.14. The first-order chi connectivity index (χ1) is 8.70. The minimum absolute atomic E-state index is 0.345. The van der Waals surface area contributed by atoms with Crippen LogP contribution in [0.3, 0.4) is 0 Å². The second-order valence-corrected chi connectivity index (χ2v) is 4.49. The molecule has 0 radical (unpaired) electrons. The zero-order valence-electron chi connectivity index (χ0n) is 10.6. The van der Waals surface area contributed by atoms with Crippen LogP contribution in [-0.4, -0.2) is 14.8 Å². The number of hydrogen-bond donors (Lipinski definition) is 2. The van der Waals surface area contributed by atoms with Crippen molar-refractivity contribution in [2.75, 3.05) is 11.5 Å². The standard InChI is InChI=1S/C13H19N5/c1-2-3-10(7-18-9-16-8-17-18)12-5-4-11(14)6-13(12)15/h4-6,8-10H,2-3,7,14-15H2,1H3. The normalized spacial score (nSPS) is 12.5. The Bertz CT molecular complexity index is 492. The summed E-state index contributed by atoms with van der Waals surface area (Å²) >= 11 is 0. The number of aromatic nitrogens is 3. The van der Waals surface area contributed by atoms with E-state index in [2.05, 4.69) is 17.0 Å². The van der Waals surface area contributed by atoms with Crippen LogP contribution in [-0.2, 0) is 6.54 Å². The van der Waals surface area contributed by atoms with E-state index in [1.807, 2.05) is 22.9 Å². The van der Waals surface area contributed by atoms with Crippen molar-refractivity contribution in [1.82, 2.24) is 14.8 Å². The quantitative estimate of drug-likeness (QED) is 0.789. The minimum atomic E-state index is 0.345. The van der Waals surface area contributed by atoms with Crippen LogP contribution in [0.2, 0.25) is 0 Å². The molecule has 1 unspecified atom stereocenters. The average Bonchev–Trinajstić information content (AvgIpc) is 2.81. The highest BCUT2D eigenvalue weighted by atomic mass is 15.3. The van der Waals surface area contributed by atoms with Gasteiger partial charge < -0.3 is 11.5 Å². The van der Waals surface area contributed by atoms with Crippen LogP contribution >= 0.6 is 0 Å². The van der Waals surface area contributed by atoms with Crippen LogP contribution in [0.1, 0.15) is 31.2 Å². The van der Waals surface area contributed by atoms with E-state index in [0.717, 1.165) is 30.6 Å². The van der Waals surface area contributed by atoms with E-state index in [0.29, 0.717) is 11.6 Å². The van der Waals surface area contributed by atoms with Gasteiger partial charge in [-0.2, -0.15) is 5.10 Å². The van der Waals surface area contributed by atoms with Gasteiger partial charge in [0.1, 0.15) is 12.7 Å². The highest BCUT2D eigenvalue weighted by Crippen LogP contribution is 2.29. The molecule has 0 fully saturated rings. The summed E-state index contributed by atoms with van der Waals surface area (Å²) in [5, 5.41) is 4.15. The van der Waals surface area contributed by atoms with Crippen LogP contribution in [0.4, 0.5) is 11.4 Å². The van der Waals surface area contributed by atoms with Gasteiger partial charge in [0.15, 0.2) is 0 Å². The molecular formula is C13H19N5. The summed E-state index contributed by atoms with van der Waals surface area (Å²) in [7, 11) is 0. The molecule has 2 aromatic rings. The van der Waals surface area contributed by atoms with Gasteiger partial charge in [0.2, 0.25) is 0 Å². The van der Waals surface area contributed by atoms with E-state index in [9.17, 15) is 0 Å². The molecule has 1 atom stereocenters. The van der Waals surface area contributed by atoms with Gasteiger partial charge in [-0.05, 0) is 24.1 Å². The van der Waals surface area contributed by atoms with Crippen LogP contribution < -0.4 is 11.5 Å². The summed E-state index contributed by atoms with van der Waals surface area (Å²) in [6.45, 7) is 2.96. The van der Waals surface area contributed by atoms with Gasteiger partial charge in [0.25, 0.3) is 0 Å². The SMILES string of the molecule is CCCC(Cn1cncn1)c1ccc(N)cc1N. The number of nitrogen functional groups attached to an aromatic ring is 2. The van der Waals surface area contributed by atoms with Gasteiger partial charge in [0.05, 0.1) is 0 Å². The first-order valence-electron chi connectivity index (χ1n) is 6.18. The van der Waals surface area contributed by atoms with Crippen molar-refractivity contribution in [3.05, 3.63) is 36.4 Å². The fraction of sp³-hybridized carbons (Fsp3) is 0.385. The van der Waals surface area contributed by atoms with E-state index in [1.54, 1.807) is 12.7 Å². The molecule has 1 heterocycles. The molecule has 2 rings (SSSR count). The van der Waals surface area contributed by atoms with Crippen molar-refractivity contribution in [3.8, 4) is 0 Å². The third-order valence-corrected chi connectivity index (χ3v) is 3.06. The maximum Gasteiger partial charge on any atom is 0.137 e. The van der Waals surface area contributed by atoms with E-state index >= 15 is 0 Å². The van der Waals surface area contributed by atoms with Crippen LogP contribution in [0.5, 0.6) is 0 Å². The number of anilines is 2. The van der Waals surface area contributed by atoms with Gasteiger partial charge in [-0.15, -0.1) is 0 Å². The molecule has 0 aliphatic carbocycles. The van der Waals surface area contributed by atoms with E-state index in [1.165, 1.54) is 0 Å². The van der Waals surface area contributed by atoms with Crippen molar-refractivity contribution in [2.45, 2.75) is 32.2 Å². The molecule has 5 heteroatoms. The van der Waals surface area contributed by atoms with Crippen molar-refractivity contribution >= 4 is 11.4 Å². The summed E-state index contributed by atoms with van der Waals surface area (Å²) in [5.74, 6) is 0.345. The molecule has 1 aromatic heterocycles. The second kappa shape index (κ2) is 5.53. The van der Waals surface area contributed by atoms with Crippen LogP contribution in [0.25, 0.3) is 0 Å².